The van der Waals surface area contributed by atoms with E-state index in [1.165, 1.54) is 0 Å². The summed E-state index contributed by atoms with van der Waals surface area (Å²) in [6.07, 6.45) is -1.45. The summed E-state index contributed by atoms with van der Waals surface area (Å²) >= 11 is 3.32. The van der Waals surface area contributed by atoms with Crippen molar-refractivity contribution >= 4 is 22.0 Å². The van der Waals surface area contributed by atoms with Gasteiger partial charge in [0.15, 0.2) is 0 Å². The standard InChI is InChI=1S/C12H17BrN2O4/c13-9-1-3-11(4-2-9)19-8-10(16)7-15-5-6-18-12(14)17/h1-4,10,15-16H,5-8H2,(H2,14,17). The molecule has 1 amide bonds. The molecule has 0 aromatic heterocycles. The van der Waals surface area contributed by atoms with Crippen LogP contribution in [0.2, 0.25) is 0 Å². The van der Waals surface area contributed by atoms with Crippen molar-refractivity contribution in [1.29, 1.82) is 0 Å². The first-order valence-corrected chi connectivity index (χ1v) is 6.56. The molecule has 1 aromatic rings. The van der Waals surface area contributed by atoms with E-state index in [-0.39, 0.29) is 13.2 Å². The molecule has 0 fully saturated rings. The summed E-state index contributed by atoms with van der Waals surface area (Å²) in [6.45, 7) is 1.14. The Hall–Kier alpha value is -1.31. The number of aliphatic hydroxyl groups is 1. The van der Waals surface area contributed by atoms with Crippen LogP contribution in [0.4, 0.5) is 4.79 Å². The second-order valence-corrected chi connectivity index (χ2v) is 4.71. The molecule has 0 saturated carbocycles. The zero-order valence-electron chi connectivity index (χ0n) is 10.3. The molecule has 4 N–H and O–H groups in total. The lowest BCUT2D eigenvalue weighted by Crippen LogP contribution is -2.33. The number of halogens is 1. The summed E-state index contributed by atoms with van der Waals surface area (Å²) in [7, 11) is 0. The molecule has 1 atom stereocenters. The molecule has 1 unspecified atom stereocenters. The van der Waals surface area contributed by atoms with Crippen molar-refractivity contribution in [2.45, 2.75) is 6.10 Å². The van der Waals surface area contributed by atoms with E-state index in [1.807, 2.05) is 24.3 Å². The smallest absolute Gasteiger partial charge is 0.404 e. The fraction of sp³-hybridized carbons (Fsp3) is 0.417. The number of carbonyl (C=O) groups excluding carboxylic acids is 1. The molecule has 0 saturated heterocycles. The van der Waals surface area contributed by atoms with E-state index in [9.17, 15) is 9.90 Å². The third-order valence-corrected chi connectivity index (χ3v) is 2.69. The highest BCUT2D eigenvalue weighted by atomic mass is 79.9. The highest BCUT2D eigenvalue weighted by Gasteiger charge is 2.05. The van der Waals surface area contributed by atoms with E-state index in [4.69, 9.17) is 10.5 Å². The first kappa shape index (κ1) is 15.7. The maximum absolute atomic E-state index is 10.3. The zero-order chi connectivity index (χ0) is 14.1. The maximum Gasteiger partial charge on any atom is 0.404 e. The first-order valence-electron chi connectivity index (χ1n) is 5.77. The molecule has 106 valence electrons. The lowest BCUT2D eigenvalue weighted by Gasteiger charge is -2.13. The van der Waals surface area contributed by atoms with E-state index >= 15 is 0 Å². The highest BCUT2D eigenvalue weighted by Crippen LogP contribution is 2.16. The van der Waals surface area contributed by atoms with Crippen LogP contribution in [0.3, 0.4) is 0 Å². The molecule has 0 spiro atoms. The minimum atomic E-state index is -0.805. The van der Waals surface area contributed by atoms with Gasteiger partial charge in [0.25, 0.3) is 0 Å². The van der Waals surface area contributed by atoms with Crippen molar-refractivity contribution in [3.63, 3.8) is 0 Å². The number of hydrogen-bond donors (Lipinski definition) is 3. The predicted octanol–water partition coefficient (Wildman–Crippen LogP) is 0.874. The van der Waals surface area contributed by atoms with E-state index in [1.54, 1.807) is 0 Å². The summed E-state index contributed by atoms with van der Waals surface area (Å²) in [5.74, 6) is 0.694. The summed E-state index contributed by atoms with van der Waals surface area (Å²) in [6, 6.07) is 7.35. The highest BCUT2D eigenvalue weighted by molar-refractivity contribution is 9.10. The van der Waals surface area contributed by atoms with Crippen molar-refractivity contribution in [2.75, 3.05) is 26.3 Å². The molecular formula is C12H17BrN2O4. The van der Waals surface area contributed by atoms with Crippen molar-refractivity contribution < 1.29 is 19.4 Å². The van der Waals surface area contributed by atoms with Gasteiger partial charge in [0.1, 0.15) is 25.1 Å². The summed E-state index contributed by atoms with van der Waals surface area (Å²) in [5, 5.41) is 12.6. The second-order valence-electron chi connectivity index (χ2n) is 3.79. The van der Waals surface area contributed by atoms with E-state index < -0.39 is 12.2 Å². The van der Waals surface area contributed by atoms with Gasteiger partial charge in [-0.3, -0.25) is 0 Å². The Bertz CT molecular complexity index is 386. The van der Waals surface area contributed by atoms with Gasteiger partial charge in [0.2, 0.25) is 0 Å². The van der Waals surface area contributed by atoms with Gasteiger partial charge in [-0.2, -0.15) is 0 Å². The molecule has 0 aliphatic carbocycles. The van der Waals surface area contributed by atoms with Crippen LogP contribution in [-0.2, 0) is 4.74 Å². The third-order valence-electron chi connectivity index (χ3n) is 2.16. The van der Waals surface area contributed by atoms with Gasteiger partial charge in [-0.1, -0.05) is 15.9 Å². The molecule has 19 heavy (non-hydrogen) atoms. The second kappa shape index (κ2) is 8.73. The Labute approximate surface area is 120 Å². The number of primary amides is 1. The monoisotopic (exact) mass is 332 g/mol. The molecule has 0 aliphatic rings. The summed E-state index contributed by atoms with van der Waals surface area (Å²) in [4.78, 5) is 10.3. The molecule has 7 heteroatoms. The summed E-state index contributed by atoms with van der Waals surface area (Å²) < 4.78 is 10.9. The van der Waals surface area contributed by atoms with Gasteiger partial charge < -0.3 is 25.6 Å². The van der Waals surface area contributed by atoms with Crippen LogP contribution in [0.1, 0.15) is 0 Å². The van der Waals surface area contributed by atoms with Crippen molar-refractivity contribution in [3.8, 4) is 5.75 Å². The number of amides is 1. The van der Waals surface area contributed by atoms with E-state index in [2.05, 4.69) is 26.0 Å². The first-order chi connectivity index (χ1) is 9.08. The molecule has 0 radical (unpaired) electrons. The number of benzene rings is 1. The SMILES string of the molecule is NC(=O)OCCNCC(O)COc1ccc(Br)cc1. The molecule has 6 nitrogen and oxygen atoms in total. The van der Waals surface area contributed by atoms with E-state index in [0.29, 0.717) is 18.8 Å². The predicted molar refractivity (Wildman–Crippen MR) is 74.0 cm³/mol. The number of carbonyl (C=O) groups is 1. The molecule has 1 rings (SSSR count). The van der Waals surface area contributed by atoms with Gasteiger partial charge >= 0.3 is 6.09 Å². The van der Waals surface area contributed by atoms with Crippen LogP contribution in [-0.4, -0.2) is 43.6 Å². The summed E-state index contributed by atoms with van der Waals surface area (Å²) in [5.41, 5.74) is 4.80. The lowest BCUT2D eigenvalue weighted by atomic mass is 10.3. The van der Waals surface area contributed by atoms with Crippen LogP contribution in [0.5, 0.6) is 5.75 Å². The molecule has 0 heterocycles. The largest absolute Gasteiger partial charge is 0.491 e. The number of rotatable bonds is 8. The Morgan fingerprint density at radius 2 is 2.11 bits per heavy atom. The Kier molecular flexibility index (Phi) is 7.24. The number of ether oxygens (including phenoxy) is 2. The molecule has 0 bridgehead atoms. The zero-order valence-corrected chi connectivity index (χ0v) is 11.9. The Morgan fingerprint density at radius 3 is 2.74 bits per heavy atom. The Morgan fingerprint density at radius 1 is 1.42 bits per heavy atom. The fourth-order valence-corrected chi connectivity index (χ4v) is 1.54. The minimum absolute atomic E-state index is 0.176. The maximum atomic E-state index is 10.3. The number of hydrogen-bond acceptors (Lipinski definition) is 5. The number of nitrogens with one attached hydrogen (secondary N) is 1. The van der Waals surface area contributed by atoms with E-state index in [0.717, 1.165) is 4.47 Å². The third kappa shape index (κ3) is 7.66. The van der Waals surface area contributed by atoms with Crippen LogP contribution in [0.25, 0.3) is 0 Å². The van der Waals surface area contributed by atoms with Crippen LogP contribution in [0.15, 0.2) is 28.7 Å². The molecule has 1 aromatic carbocycles. The topological polar surface area (TPSA) is 93.8 Å². The molecule has 0 aliphatic heterocycles. The average molecular weight is 333 g/mol. The van der Waals surface area contributed by atoms with Gasteiger partial charge in [-0.15, -0.1) is 0 Å². The van der Waals surface area contributed by atoms with Crippen molar-refractivity contribution in [1.82, 2.24) is 5.32 Å². The quantitative estimate of drug-likeness (QED) is 0.614. The van der Waals surface area contributed by atoms with Gasteiger partial charge in [0, 0.05) is 17.6 Å². The number of nitrogens with two attached hydrogens (primary N) is 1. The van der Waals surface area contributed by atoms with Crippen LogP contribution < -0.4 is 15.8 Å². The number of aliphatic hydroxyl groups excluding tert-OH is 1. The van der Waals surface area contributed by atoms with Crippen molar-refractivity contribution in [3.05, 3.63) is 28.7 Å². The average Bonchev–Trinajstić information content (AvgIpc) is 2.37. The van der Waals surface area contributed by atoms with Gasteiger partial charge in [-0.05, 0) is 24.3 Å². The van der Waals surface area contributed by atoms with Crippen LogP contribution >= 0.6 is 15.9 Å². The minimum Gasteiger partial charge on any atom is -0.491 e. The van der Waals surface area contributed by atoms with Gasteiger partial charge in [0.05, 0.1) is 0 Å². The van der Waals surface area contributed by atoms with Crippen LogP contribution in [0, 0.1) is 0 Å². The normalized spacial score (nSPS) is 11.9. The van der Waals surface area contributed by atoms with Gasteiger partial charge in [-0.25, -0.2) is 4.79 Å². The lowest BCUT2D eigenvalue weighted by molar-refractivity contribution is 0.104. The fourth-order valence-electron chi connectivity index (χ4n) is 1.27. The van der Waals surface area contributed by atoms with Crippen molar-refractivity contribution in [2.24, 2.45) is 5.73 Å². The molecular weight excluding hydrogens is 316 g/mol. The Balaban J connectivity index is 2.09.